The Bertz CT molecular complexity index is 1080. The maximum atomic E-state index is 14.0. The molecule has 8 heteroatoms. The van der Waals surface area contributed by atoms with Gasteiger partial charge in [0.25, 0.3) is 0 Å². The van der Waals surface area contributed by atoms with Crippen LogP contribution in [0.25, 0.3) is 6.08 Å². The Morgan fingerprint density at radius 2 is 1.94 bits per heavy atom. The van der Waals surface area contributed by atoms with E-state index >= 15 is 0 Å². The lowest BCUT2D eigenvalue weighted by Gasteiger charge is -2.27. The van der Waals surface area contributed by atoms with Crippen molar-refractivity contribution in [3.05, 3.63) is 76.1 Å². The highest BCUT2D eigenvalue weighted by Gasteiger charge is 2.27. The van der Waals surface area contributed by atoms with E-state index in [1.165, 1.54) is 6.08 Å². The Kier molecular flexibility index (Phi) is 10.1. The Morgan fingerprint density at radius 3 is 2.67 bits per heavy atom. The van der Waals surface area contributed by atoms with Gasteiger partial charge in [-0.25, -0.2) is 18.0 Å². The minimum Gasteiger partial charge on any atom is -0.463 e. The molecule has 1 N–H and O–H groups in total. The van der Waals surface area contributed by atoms with E-state index in [1.807, 2.05) is 6.07 Å². The number of esters is 1. The van der Waals surface area contributed by atoms with Gasteiger partial charge in [0, 0.05) is 18.7 Å². The van der Waals surface area contributed by atoms with E-state index in [-0.39, 0.29) is 30.6 Å². The van der Waals surface area contributed by atoms with Crippen molar-refractivity contribution in [1.29, 1.82) is 0 Å². The number of carbonyl (C=O) groups is 1. The molecule has 0 saturated carbocycles. The van der Waals surface area contributed by atoms with Crippen LogP contribution in [-0.2, 0) is 20.7 Å². The molecule has 1 aliphatic heterocycles. The van der Waals surface area contributed by atoms with Gasteiger partial charge < -0.3 is 14.6 Å². The Balaban J connectivity index is 1.59. The summed E-state index contributed by atoms with van der Waals surface area (Å²) in [4.78, 5) is 13.8. The number of aryl methyl sites for hydroxylation is 1. The molecule has 0 aliphatic carbocycles. The van der Waals surface area contributed by atoms with Gasteiger partial charge >= 0.3 is 5.97 Å². The van der Waals surface area contributed by atoms with E-state index in [2.05, 4.69) is 4.90 Å². The fraction of sp³-hybridized carbons (Fsp3) is 0.464. The third kappa shape index (κ3) is 7.66. The zero-order valence-corrected chi connectivity index (χ0v) is 21.0. The molecule has 196 valence electrons. The lowest BCUT2D eigenvalue weighted by atomic mass is 10.0. The summed E-state index contributed by atoms with van der Waals surface area (Å²) in [5, 5.41) is 10.6. The molecule has 2 aromatic rings. The molecular weight excluding hydrogens is 471 g/mol. The number of carbonyl (C=O) groups excluding carboxylic acids is 1. The topological polar surface area (TPSA) is 59.0 Å². The summed E-state index contributed by atoms with van der Waals surface area (Å²) in [6, 6.07) is 7.52. The lowest BCUT2D eigenvalue weighted by molar-refractivity contribution is -0.137. The van der Waals surface area contributed by atoms with Gasteiger partial charge in [-0.3, -0.25) is 4.90 Å². The first-order valence-corrected chi connectivity index (χ1v) is 12.3. The standard InChI is InChI=1S/C28H34F3NO4/c1-4-35-28(34)10-9-21-14-26(30)27(31)15-24(21)19(3)36-17-23(33)16-32-11-5-6-22(32)12-20-8-7-18(2)25(29)13-20/h7-10,13-15,19,22-23,33H,4-6,11-12,16-17H2,1-3H3/t19-,22+,23-/m1/s1. The third-order valence-electron chi connectivity index (χ3n) is 6.44. The average Bonchev–Trinajstić information content (AvgIpc) is 3.26. The van der Waals surface area contributed by atoms with Crippen LogP contribution >= 0.6 is 0 Å². The first-order valence-electron chi connectivity index (χ1n) is 12.3. The predicted octanol–water partition coefficient (Wildman–Crippen LogP) is 5.13. The fourth-order valence-corrected chi connectivity index (χ4v) is 4.49. The number of ether oxygens (including phenoxy) is 2. The highest BCUT2D eigenvalue weighted by molar-refractivity contribution is 5.87. The molecule has 1 aliphatic rings. The zero-order chi connectivity index (χ0) is 26.2. The van der Waals surface area contributed by atoms with Crippen LogP contribution < -0.4 is 0 Å². The summed E-state index contributed by atoms with van der Waals surface area (Å²) < 4.78 is 52.4. The highest BCUT2D eigenvalue weighted by Crippen LogP contribution is 2.26. The Hall–Kier alpha value is -2.68. The molecule has 0 aromatic heterocycles. The van der Waals surface area contributed by atoms with Gasteiger partial charge in [0.1, 0.15) is 5.82 Å². The Labute approximate surface area is 210 Å². The molecule has 1 saturated heterocycles. The van der Waals surface area contributed by atoms with Crippen LogP contribution in [0.2, 0.25) is 0 Å². The van der Waals surface area contributed by atoms with E-state index in [0.717, 1.165) is 43.2 Å². The first-order chi connectivity index (χ1) is 17.2. The number of nitrogens with zero attached hydrogens (tertiary/aromatic N) is 1. The summed E-state index contributed by atoms with van der Waals surface area (Å²) in [5.74, 6) is -2.87. The minimum absolute atomic E-state index is 0.0103. The molecular formula is C28H34F3NO4. The van der Waals surface area contributed by atoms with Gasteiger partial charge in [0.2, 0.25) is 0 Å². The Morgan fingerprint density at radius 1 is 1.19 bits per heavy atom. The third-order valence-corrected chi connectivity index (χ3v) is 6.44. The molecule has 1 fully saturated rings. The predicted molar refractivity (Wildman–Crippen MR) is 132 cm³/mol. The summed E-state index contributed by atoms with van der Waals surface area (Å²) in [7, 11) is 0. The van der Waals surface area contributed by atoms with Gasteiger partial charge in [-0.05, 0) is 93.1 Å². The van der Waals surface area contributed by atoms with E-state index in [1.54, 1.807) is 32.9 Å². The molecule has 0 amide bonds. The van der Waals surface area contributed by atoms with Crippen LogP contribution in [0, 0.1) is 24.4 Å². The molecule has 0 spiro atoms. The van der Waals surface area contributed by atoms with Crippen LogP contribution in [-0.4, -0.2) is 54.4 Å². The molecule has 0 radical (unpaired) electrons. The van der Waals surface area contributed by atoms with E-state index in [4.69, 9.17) is 9.47 Å². The van der Waals surface area contributed by atoms with E-state index in [0.29, 0.717) is 24.1 Å². The summed E-state index contributed by atoms with van der Waals surface area (Å²) in [6.45, 7) is 6.48. The van der Waals surface area contributed by atoms with Crippen molar-refractivity contribution < 1.29 is 32.5 Å². The van der Waals surface area contributed by atoms with E-state index < -0.39 is 29.8 Å². The van der Waals surface area contributed by atoms with Gasteiger partial charge in [-0.15, -0.1) is 0 Å². The largest absolute Gasteiger partial charge is 0.463 e. The second kappa shape index (κ2) is 13.0. The maximum absolute atomic E-state index is 14.0. The summed E-state index contributed by atoms with van der Waals surface area (Å²) in [6.07, 6.45) is 3.70. The molecule has 5 nitrogen and oxygen atoms in total. The van der Waals surface area contributed by atoms with Crippen LogP contribution in [0.15, 0.2) is 36.4 Å². The highest BCUT2D eigenvalue weighted by atomic mass is 19.2. The van der Waals surface area contributed by atoms with Gasteiger partial charge in [-0.1, -0.05) is 12.1 Å². The monoisotopic (exact) mass is 505 g/mol. The second-order valence-corrected chi connectivity index (χ2v) is 9.19. The quantitative estimate of drug-likeness (QED) is 0.339. The lowest BCUT2D eigenvalue weighted by Crippen LogP contribution is -2.39. The number of hydrogen-bond donors (Lipinski definition) is 1. The van der Waals surface area contributed by atoms with Crippen LogP contribution in [0.5, 0.6) is 0 Å². The van der Waals surface area contributed by atoms with Crippen molar-refractivity contribution in [3.8, 4) is 0 Å². The molecule has 0 bridgehead atoms. The molecule has 0 unspecified atom stereocenters. The molecule has 2 aromatic carbocycles. The van der Waals surface area contributed by atoms with E-state index in [9.17, 15) is 23.1 Å². The number of rotatable bonds is 11. The summed E-state index contributed by atoms with van der Waals surface area (Å²) in [5.41, 5.74) is 2.18. The number of likely N-dealkylation sites (tertiary alicyclic amines) is 1. The van der Waals surface area contributed by atoms with Crippen molar-refractivity contribution >= 4 is 12.0 Å². The molecule has 3 rings (SSSR count). The van der Waals surface area contributed by atoms with Crippen molar-refractivity contribution in [2.24, 2.45) is 0 Å². The zero-order valence-electron chi connectivity index (χ0n) is 21.0. The SMILES string of the molecule is CCOC(=O)C=Cc1cc(F)c(F)cc1[C@@H](C)OC[C@H](O)CN1CCC[C@H]1Cc1ccc(C)c(F)c1. The molecule has 36 heavy (non-hydrogen) atoms. The summed E-state index contributed by atoms with van der Waals surface area (Å²) >= 11 is 0. The smallest absolute Gasteiger partial charge is 0.330 e. The van der Waals surface area contributed by atoms with Gasteiger partial charge in [0.15, 0.2) is 11.6 Å². The van der Waals surface area contributed by atoms with Crippen molar-refractivity contribution in [3.63, 3.8) is 0 Å². The number of aliphatic hydroxyl groups excluding tert-OH is 1. The van der Waals surface area contributed by atoms with Crippen LogP contribution in [0.4, 0.5) is 13.2 Å². The molecule has 3 atom stereocenters. The first kappa shape index (κ1) is 27.9. The van der Waals surface area contributed by atoms with Gasteiger partial charge in [0.05, 0.1) is 25.4 Å². The normalized spacial score (nSPS) is 18.0. The number of β-amino-alcohol motifs (C(OH)–C–C–N with tert-alkyl or cyclic N) is 1. The van der Waals surface area contributed by atoms with Crippen LogP contribution in [0.3, 0.4) is 0 Å². The van der Waals surface area contributed by atoms with Crippen molar-refractivity contribution in [2.75, 3.05) is 26.3 Å². The number of benzene rings is 2. The number of aliphatic hydroxyl groups is 1. The van der Waals surface area contributed by atoms with Gasteiger partial charge in [-0.2, -0.15) is 0 Å². The minimum atomic E-state index is -1.04. The second-order valence-electron chi connectivity index (χ2n) is 9.19. The fourth-order valence-electron chi connectivity index (χ4n) is 4.49. The van der Waals surface area contributed by atoms with Crippen molar-refractivity contribution in [1.82, 2.24) is 4.90 Å². The van der Waals surface area contributed by atoms with Crippen LogP contribution in [0.1, 0.15) is 55.0 Å². The number of hydrogen-bond acceptors (Lipinski definition) is 5. The molecule has 1 heterocycles. The maximum Gasteiger partial charge on any atom is 0.330 e. The number of halogens is 3. The van der Waals surface area contributed by atoms with Crippen molar-refractivity contribution in [2.45, 2.75) is 58.3 Å². The average molecular weight is 506 g/mol.